The van der Waals surface area contributed by atoms with E-state index in [4.69, 9.17) is 16.5 Å². The molecule has 0 aliphatic heterocycles. The summed E-state index contributed by atoms with van der Waals surface area (Å²) in [6, 6.07) is 0. The monoisotopic (exact) mass is 542 g/mol. The van der Waals surface area contributed by atoms with E-state index in [1.165, 1.54) is 0 Å². The molecular formula is C20H56NO4Si6+. The van der Waals surface area contributed by atoms with Crippen molar-refractivity contribution < 1.29 is 20.9 Å². The highest BCUT2D eigenvalue weighted by Gasteiger charge is 2.47. The van der Waals surface area contributed by atoms with E-state index in [1.54, 1.807) is 0 Å². The highest BCUT2D eigenvalue weighted by molar-refractivity contribution is 6.88. The Morgan fingerprint density at radius 1 is 0.452 bits per heavy atom. The smallest absolute Gasteiger partial charge is 0.311 e. The second kappa shape index (κ2) is 10.8. The van der Waals surface area contributed by atoms with Gasteiger partial charge in [-0.05, 0) is 106 Å². The molecule has 0 saturated heterocycles. The van der Waals surface area contributed by atoms with Crippen LogP contribution in [0.4, 0.5) is 0 Å². The summed E-state index contributed by atoms with van der Waals surface area (Å²) in [6.07, 6.45) is 2.23. The molecule has 0 radical (unpaired) electrons. The molecule has 0 aromatic heterocycles. The number of hydrogen-bond acceptors (Lipinski definition) is 4. The van der Waals surface area contributed by atoms with E-state index in [1.807, 2.05) is 0 Å². The Labute approximate surface area is 201 Å². The van der Waals surface area contributed by atoms with Crippen molar-refractivity contribution in [1.29, 1.82) is 0 Å². The molecule has 0 saturated carbocycles. The lowest BCUT2D eigenvalue weighted by molar-refractivity contribution is -0.907. The summed E-state index contributed by atoms with van der Waals surface area (Å²) >= 11 is 0. The van der Waals surface area contributed by atoms with Crippen molar-refractivity contribution in [2.24, 2.45) is 0 Å². The maximum absolute atomic E-state index is 6.88. The van der Waals surface area contributed by atoms with E-state index in [2.05, 4.69) is 106 Å². The van der Waals surface area contributed by atoms with Gasteiger partial charge in [-0.2, -0.15) is 0 Å². The summed E-state index contributed by atoms with van der Waals surface area (Å²) in [5.41, 5.74) is 0. The van der Waals surface area contributed by atoms with Crippen LogP contribution in [0.5, 0.6) is 0 Å². The first-order valence-corrected chi connectivity index (χ1v) is 30.7. The highest BCUT2D eigenvalue weighted by atomic mass is 28.5. The highest BCUT2D eigenvalue weighted by Crippen LogP contribution is 2.27. The van der Waals surface area contributed by atoms with Gasteiger partial charge in [0.2, 0.25) is 16.6 Å². The summed E-state index contributed by atoms with van der Waals surface area (Å²) in [6.45, 7) is 38.9. The summed E-state index contributed by atoms with van der Waals surface area (Å²) in [7, 11) is -11.4. The van der Waals surface area contributed by atoms with Gasteiger partial charge in [-0.25, -0.2) is 0 Å². The zero-order valence-corrected chi connectivity index (χ0v) is 29.9. The maximum Gasteiger partial charge on any atom is 0.311 e. The quantitative estimate of drug-likeness (QED) is 0.186. The lowest BCUT2D eigenvalue weighted by atomic mass is 10.5. The minimum absolute atomic E-state index is 1.08. The number of nitrogens with zero attached hydrogens (tertiary/aromatic N) is 1. The van der Waals surface area contributed by atoms with Crippen LogP contribution in [0.25, 0.3) is 0 Å². The van der Waals surface area contributed by atoms with Gasteiger partial charge in [0, 0.05) is 0 Å². The van der Waals surface area contributed by atoms with Crippen molar-refractivity contribution in [3.05, 3.63) is 0 Å². The Morgan fingerprint density at radius 3 is 0.903 bits per heavy atom. The third kappa shape index (κ3) is 14.2. The summed E-state index contributed by atoms with van der Waals surface area (Å²) in [5.74, 6) is 0. The topological polar surface area (TPSA) is 36.9 Å². The number of quaternary nitrogens is 1. The molecule has 31 heavy (non-hydrogen) atoms. The van der Waals surface area contributed by atoms with Crippen LogP contribution in [-0.4, -0.2) is 80.3 Å². The largest absolute Gasteiger partial charge is 0.437 e. The first kappa shape index (κ1) is 32.1. The molecule has 0 aromatic rings. The van der Waals surface area contributed by atoms with Gasteiger partial charge in [0.1, 0.15) is 0 Å². The number of rotatable bonds is 14. The standard InChI is InChI=1S/C20H56NO4Si6/c1-17-21(18-2,19-28(9,10)24-30(13,14)22-26(3,4)5)20-29(11,12)25-31(15,16)23-27(6,7)8/h17-20H2,1-16H3/q+1. The van der Waals surface area contributed by atoms with Crippen LogP contribution in [0.15, 0.2) is 0 Å². The maximum atomic E-state index is 6.88. The molecule has 188 valence electrons. The average molecular weight is 543 g/mol. The Morgan fingerprint density at radius 2 is 0.710 bits per heavy atom. The van der Waals surface area contributed by atoms with Crippen LogP contribution >= 0.6 is 0 Å². The first-order chi connectivity index (χ1) is 13.4. The summed E-state index contributed by atoms with van der Waals surface area (Å²) in [5, 5.41) is 0. The van der Waals surface area contributed by atoms with E-state index >= 15 is 0 Å². The number of hydrogen-bond donors (Lipinski definition) is 0. The minimum Gasteiger partial charge on any atom is -0.437 e. The zero-order chi connectivity index (χ0) is 25.2. The molecular weight excluding hydrogens is 487 g/mol. The van der Waals surface area contributed by atoms with Crippen molar-refractivity contribution in [1.82, 2.24) is 0 Å². The van der Waals surface area contributed by atoms with E-state index < -0.39 is 50.4 Å². The molecule has 0 N–H and O–H groups in total. The van der Waals surface area contributed by atoms with Crippen LogP contribution in [0.2, 0.25) is 91.7 Å². The SMILES string of the molecule is CC[N+](CC)(C[Si](C)(C)O[Si](C)(C)O[Si](C)(C)C)C[Si](C)(C)O[Si](C)(C)O[Si](C)(C)C. The molecule has 11 heteroatoms. The fraction of sp³-hybridized carbons (Fsp3) is 1.00. The van der Waals surface area contributed by atoms with Crippen molar-refractivity contribution >= 4 is 50.4 Å². The molecule has 0 amide bonds. The minimum atomic E-state index is -2.14. The third-order valence-electron chi connectivity index (χ3n) is 4.92. The van der Waals surface area contributed by atoms with Gasteiger partial charge >= 0.3 is 17.1 Å². The van der Waals surface area contributed by atoms with Crippen LogP contribution in [-0.2, 0) is 16.5 Å². The van der Waals surface area contributed by atoms with Gasteiger partial charge < -0.3 is 20.9 Å². The third-order valence-corrected chi connectivity index (χ3v) is 25.0. The summed E-state index contributed by atoms with van der Waals surface area (Å²) in [4.78, 5) is 0. The molecule has 0 aromatic carbocycles. The Balaban J connectivity index is 5.54. The fourth-order valence-electron chi connectivity index (χ4n) is 5.25. The Kier molecular flexibility index (Phi) is 11.2. The predicted octanol–water partition coefficient (Wildman–Crippen LogP) is 6.47. The van der Waals surface area contributed by atoms with Gasteiger partial charge in [-0.3, -0.25) is 0 Å². The van der Waals surface area contributed by atoms with Crippen molar-refractivity contribution in [2.45, 2.75) is 106 Å². The van der Waals surface area contributed by atoms with Gasteiger partial charge in [-0.1, -0.05) is 0 Å². The van der Waals surface area contributed by atoms with Crippen LogP contribution in [0, 0.1) is 0 Å². The molecule has 0 spiro atoms. The predicted molar refractivity (Wildman–Crippen MR) is 152 cm³/mol. The van der Waals surface area contributed by atoms with Crippen molar-refractivity contribution in [3.63, 3.8) is 0 Å². The Hall–Kier alpha value is 1.10. The van der Waals surface area contributed by atoms with Crippen molar-refractivity contribution in [3.8, 4) is 0 Å². The van der Waals surface area contributed by atoms with Gasteiger partial charge in [-0.15, -0.1) is 0 Å². The fourth-order valence-corrected chi connectivity index (χ4v) is 33.9. The molecule has 0 rings (SSSR count). The molecule has 0 aliphatic rings. The zero-order valence-electron chi connectivity index (χ0n) is 23.9. The first-order valence-electron chi connectivity index (χ1n) is 12.0. The molecule has 0 atom stereocenters. The normalized spacial score (nSPS) is 15.5. The average Bonchev–Trinajstić information content (AvgIpc) is 2.36. The second-order valence-electron chi connectivity index (χ2n) is 13.2. The van der Waals surface area contributed by atoms with E-state index in [-0.39, 0.29) is 0 Å². The van der Waals surface area contributed by atoms with Gasteiger partial charge in [0.25, 0.3) is 0 Å². The van der Waals surface area contributed by atoms with Crippen LogP contribution in [0.1, 0.15) is 13.8 Å². The molecule has 0 heterocycles. The molecule has 0 aliphatic carbocycles. The lowest BCUT2D eigenvalue weighted by Gasteiger charge is -2.47. The van der Waals surface area contributed by atoms with Crippen molar-refractivity contribution in [2.75, 3.05) is 25.4 Å². The molecule has 0 fully saturated rings. The van der Waals surface area contributed by atoms with Gasteiger partial charge in [0.05, 0.1) is 25.4 Å². The van der Waals surface area contributed by atoms with E-state index in [0.717, 1.165) is 29.9 Å². The van der Waals surface area contributed by atoms with Crippen LogP contribution in [0.3, 0.4) is 0 Å². The van der Waals surface area contributed by atoms with Crippen LogP contribution < -0.4 is 0 Å². The summed E-state index contributed by atoms with van der Waals surface area (Å²) < 4.78 is 27.9. The lowest BCUT2D eigenvalue weighted by Crippen LogP contribution is -2.67. The van der Waals surface area contributed by atoms with E-state index in [0.29, 0.717) is 0 Å². The molecule has 0 unspecified atom stereocenters. The van der Waals surface area contributed by atoms with Gasteiger partial charge in [0.15, 0.2) is 16.6 Å². The molecule has 0 bridgehead atoms. The van der Waals surface area contributed by atoms with E-state index in [9.17, 15) is 0 Å². The molecule has 5 nitrogen and oxygen atoms in total. The second-order valence-corrected chi connectivity index (χ2v) is 38.2. The Bertz CT molecular complexity index is 521.